The van der Waals surface area contributed by atoms with Crippen molar-refractivity contribution in [2.45, 2.75) is 38.3 Å². The van der Waals surface area contributed by atoms with E-state index in [-0.39, 0.29) is 15.5 Å². The average molecular weight is 558 g/mol. The molecule has 16 heteroatoms. The Morgan fingerprint density at radius 2 is 1.56 bits per heavy atom. The monoisotopic (exact) mass is 557 g/mol. The Labute approximate surface area is 197 Å². The van der Waals surface area contributed by atoms with Crippen molar-refractivity contribution in [1.29, 1.82) is 0 Å². The van der Waals surface area contributed by atoms with Gasteiger partial charge in [0.15, 0.2) is 0 Å². The number of aromatic amines is 1. The van der Waals surface area contributed by atoms with Gasteiger partial charge in [-0.05, 0) is 42.8 Å². The highest BCUT2D eigenvalue weighted by Gasteiger charge is 2.46. The molecule has 0 unspecified atom stereocenters. The van der Waals surface area contributed by atoms with E-state index >= 15 is 0 Å². The minimum absolute atomic E-state index is 0.0336. The van der Waals surface area contributed by atoms with Gasteiger partial charge in [-0.25, -0.2) is 35.0 Å². The minimum Gasteiger partial charge on any atom is -0.335 e. The van der Waals surface area contributed by atoms with Crippen molar-refractivity contribution in [2.24, 2.45) is 0 Å². The van der Waals surface area contributed by atoms with Crippen LogP contribution in [0.15, 0.2) is 74.7 Å². The van der Waals surface area contributed by atoms with Crippen LogP contribution >= 0.6 is 11.6 Å². The predicted molar refractivity (Wildman–Crippen MR) is 114 cm³/mol. The third kappa shape index (κ3) is 4.98. The molecule has 0 saturated heterocycles. The summed E-state index contributed by atoms with van der Waals surface area (Å²) in [6, 6.07) is 6.03. The Kier molecular flexibility index (Phi) is 6.89. The summed E-state index contributed by atoms with van der Waals surface area (Å²) in [5.41, 5.74) is -5.49. The zero-order valence-electron chi connectivity index (χ0n) is 16.9. The molecule has 0 saturated carbocycles. The van der Waals surface area contributed by atoms with Crippen LogP contribution in [0.3, 0.4) is 0 Å². The summed E-state index contributed by atoms with van der Waals surface area (Å²) >= 11 is 5.89. The van der Waals surface area contributed by atoms with Gasteiger partial charge in [-0.3, -0.25) is 0 Å². The van der Waals surface area contributed by atoms with Gasteiger partial charge in [0, 0.05) is 23.5 Å². The molecule has 1 heterocycles. The zero-order valence-corrected chi connectivity index (χ0v) is 20.1. The Morgan fingerprint density at radius 3 is 2.09 bits per heavy atom. The fourth-order valence-corrected chi connectivity index (χ4v) is 7.04. The van der Waals surface area contributed by atoms with Crippen LogP contribution in [0, 0.1) is 0 Å². The van der Waals surface area contributed by atoms with Crippen molar-refractivity contribution in [3.05, 3.63) is 65.4 Å². The molecule has 2 aromatic carbocycles. The van der Waals surface area contributed by atoms with Crippen LogP contribution in [-0.2, 0) is 29.7 Å². The van der Waals surface area contributed by atoms with Gasteiger partial charge in [-0.2, -0.15) is 13.2 Å². The summed E-state index contributed by atoms with van der Waals surface area (Å²) in [6.07, 6.45) is 2.40. The van der Waals surface area contributed by atoms with Gasteiger partial charge in [0.1, 0.15) is 0 Å². The molecule has 0 aliphatic rings. The molecule has 1 aromatic heterocycles. The maximum Gasteiger partial charge on any atom is 0.511 e. The van der Waals surface area contributed by atoms with Crippen LogP contribution in [0.2, 0.25) is 5.02 Å². The summed E-state index contributed by atoms with van der Waals surface area (Å²) in [7, 11) is -14.5. The standard InChI is InChI=1S/C18H15ClF3N3O6S3/c1-11(25-34(30,31)18(20,21)22)12-2-5-14(6-3-12)32(26,27)15-7-4-13(19)10-16(15)33(28,29)17-23-8-9-24-17/h2-11,25H,1H3,(H,23,24)/t11-/m0/s1. The van der Waals surface area contributed by atoms with Crippen molar-refractivity contribution in [3.8, 4) is 0 Å². The summed E-state index contributed by atoms with van der Waals surface area (Å²) in [5.74, 6) is 0. The van der Waals surface area contributed by atoms with Crippen molar-refractivity contribution >= 4 is 41.3 Å². The number of H-pyrrole nitrogens is 1. The summed E-state index contributed by atoms with van der Waals surface area (Å²) in [5, 5.41) is -0.558. The number of hydrogen-bond donors (Lipinski definition) is 2. The van der Waals surface area contributed by atoms with Crippen LogP contribution in [0.5, 0.6) is 0 Å². The lowest BCUT2D eigenvalue weighted by molar-refractivity contribution is -0.0450. The molecule has 0 fully saturated rings. The second kappa shape index (κ2) is 8.96. The quantitative estimate of drug-likeness (QED) is 0.454. The van der Waals surface area contributed by atoms with E-state index in [1.807, 2.05) is 0 Å². The summed E-state index contributed by atoms with van der Waals surface area (Å²) in [4.78, 5) is 4.41. The topological polar surface area (TPSA) is 143 Å². The van der Waals surface area contributed by atoms with Crippen molar-refractivity contribution < 1.29 is 38.4 Å². The molecule has 9 nitrogen and oxygen atoms in total. The first-order valence-electron chi connectivity index (χ1n) is 9.05. The van der Waals surface area contributed by atoms with E-state index in [0.717, 1.165) is 43.3 Å². The van der Waals surface area contributed by atoms with Crippen LogP contribution in [-0.4, -0.2) is 40.7 Å². The fraction of sp³-hybridized carbons (Fsp3) is 0.167. The van der Waals surface area contributed by atoms with E-state index < -0.39 is 56.2 Å². The van der Waals surface area contributed by atoms with Gasteiger partial charge in [0.2, 0.25) is 24.8 Å². The molecule has 0 spiro atoms. The molecule has 0 aliphatic heterocycles. The molecule has 3 aromatic rings. The van der Waals surface area contributed by atoms with E-state index in [1.165, 1.54) is 23.2 Å². The predicted octanol–water partition coefficient (Wildman–Crippen LogP) is 3.23. The van der Waals surface area contributed by atoms with E-state index in [2.05, 4.69) is 9.97 Å². The van der Waals surface area contributed by atoms with Gasteiger partial charge < -0.3 is 4.98 Å². The van der Waals surface area contributed by atoms with Crippen LogP contribution in [0.25, 0.3) is 0 Å². The average Bonchev–Trinajstić information content (AvgIpc) is 3.28. The van der Waals surface area contributed by atoms with Crippen LogP contribution < -0.4 is 4.72 Å². The number of sulfonamides is 1. The highest BCUT2D eigenvalue weighted by Crippen LogP contribution is 2.33. The molecule has 3 rings (SSSR count). The molecule has 1 atom stereocenters. The number of halogens is 4. The number of nitrogens with zero attached hydrogens (tertiary/aromatic N) is 1. The molecular weight excluding hydrogens is 543 g/mol. The lowest BCUT2D eigenvalue weighted by Crippen LogP contribution is -2.37. The van der Waals surface area contributed by atoms with Crippen molar-refractivity contribution in [1.82, 2.24) is 14.7 Å². The molecule has 184 valence electrons. The van der Waals surface area contributed by atoms with Crippen molar-refractivity contribution in [2.75, 3.05) is 0 Å². The Bertz CT molecular complexity index is 1520. The Balaban J connectivity index is 2.01. The maximum atomic E-state index is 13.2. The molecule has 0 radical (unpaired) electrons. The normalized spacial score (nSPS) is 14.1. The van der Waals surface area contributed by atoms with Gasteiger partial charge >= 0.3 is 15.5 Å². The lowest BCUT2D eigenvalue weighted by Gasteiger charge is -2.16. The molecule has 0 aliphatic carbocycles. The highest BCUT2D eigenvalue weighted by atomic mass is 35.5. The smallest absolute Gasteiger partial charge is 0.335 e. The van der Waals surface area contributed by atoms with Crippen LogP contribution in [0.1, 0.15) is 18.5 Å². The van der Waals surface area contributed by atoms with Gasteiger partial charge in [0.05, 0.1) is 14.7 Å². The second-order valence-corrected chi connectivity index (χ2v) is 12.7. The van der Waals surface area contributed by atoms with Gasteiger partial charge in [-0.15, -0.1) is 0 Å². The molecular formula is C18H15ClF3N3O6S3. The van der Waals surface area contributed by atoms with E-state index in [4.69, 9.17) is 11.6 Å². The summed E-state index contributed by atoms with van der Waals surface area (Å²) in [6.45, 7) is 1.14. The first-order valence-corrected chi connectivity index (χ1v) is 13.9. The third-order valence-electron chi connectivity index (χ3n) is 4.54. The van der Waals surface area contributed by atoms with E-state index in [1.54, 1.807) is 0 Å². The number of alkyl halides is 3. The zero-order chi connectivity index (χ0) is 25.5. The van der Waals surface area contributed by atoms with Crippen molar-refractivity contribution in [3.63, 3.8) is 0 Å². The number of rotatable bonds is 7. The number of hydrogen-bond acceptors (Lipinski definition) is 7. The van der Waals surface area contributed by atoms with Crippen LogP contribution in [0.4, 0.5) is 13.2 Å². The summed E-state index contributed by atoms with van der Waals surface area (Å²) < 4.78 is 114. The maximum absolute atomic E-state index is 13.2. The number of benzene rings is 2. The first-order chi connectivity index (χ1) is 15.6. The fourth-order valence-electron chi connectivity index (χ4n) is 2.85. The minimum atomic E-state index is -5.63. The second-order valence-electron chi connectivity index (χ2n) is 6.85. The number of aromatic nitrogens is 2. The van der Waals surface area contributed by atoms with Gasteiger partial charge in [-0.1, -0.05) is 23.7 Å². The number of nitrogens with one attached hydrogen (secondary N) is 2. The largest absolute Gasteiger partial charge is 0.511 e. The molecule has 34 heavy (non-hydrogen) atoms. The number of imidazole rings is 1. The van der Waals surface area contributed by atoms with E-state index in [0.29, 0.717) is 0 Å². The molecule has 0 bridgehead atoms. The highest BCUT2D eigenvalue weighted by molar-refractivity contribution is 7.94. The Hall–Kier alpha value is -2.46. The molecule has 2 N–H and O–H groups in total. The van der Waals surface area contributed by atoms with Gasteiger partial charge in [0.25, 0.3) is 0 Å². The Morgan fingerprint density at radius 1 is 0.941 bits per heavy atom. The SMILES string of the molecule is C[C@H](NS(=O)(=O)C(F)(F)F)c1ccc(S(=O)(=O)c2ccc(Cl)cc2S(=O)(=O)c2ncc[nH]2)cc1. The first kappa shape index (κ1) is 26.2. The lowest BCUT2D eigenvalue weighted by atomic mass is 10.1. The third-order valence-corrected chi connectivity index (χ3v) is 9.65. The number of sulfone groups is 2. The van der Waals surface area contributed by atoms with E-state index in [9.17, 15) is 38.4 Å². The molecule has 0 amide bonds.